The van der Waals surface area contributed by atoms with Crippen LogP contribution in [0.15, 0.2) is 77.7 Å². The Balaban J connectivity index is 1.31. The number of nitrogens with one attached hydrogen (secondary N) is 3. The summed E-state index contributed by atoms with van der Waals surface area (Å²) in [5.74, 6) is 0.415. The average Bonchev–Trinajstić information content (AvgIpc) is 3.50. The van der Waals surface area contributed by atoms with Crippen LogP contribution in [-0.4, -0.2) is 78.1 Å². The molecule has 2 bridgehead atoms. The number of fused-ring (bicyclic) bond motifs is 4. The number of sulfonamides is 1. The molecule has 2 aliphatic rings. The third-order valence-corrected chi connectivity index (χ3v) is 9.42. The van der Waals surface area contributed by atoms with Crippen molar-refractivity contribution in [1.29, 1.82) is 0 Å². The Morgan fingerprint density at radius 3 is 2.53 bits per heavy atom. The molecule has 3 amide bonds. The van der Waals surface area contributed by atoms with Gasteiger partial charge in [0.1, 0.15) is 23.9 Å². The molecular weight excluding hydrogens is 626 g/mol. The smallest absolute Gasteiger partial charge is 0.262 e. The molecule has 0 unspecified atom stereocenters. The second kappa shape index (κ2) is 13.6. The number of rotatable bonds is 3. The van der Waals surface area contributed by atoms with Crippen molar-refractivity contribution in [3.05, 3.63) is 84.2 Å². The maximum Gasteiger partial charge on any atom is 0.262 e. The van der Waals surface area contributed by atoms with E-state index in [1.807, 2.05) is 30.3 Å². The Bertz CT molecular complexity index is 1910. The number of ether oxygens (including phenoxy) is 2. The minimum absolute atomic E-state index is 0.0815. The lowest BCUT2D eigenvalue weighted by atomic mass is 10.2. The Morgan fingerprint density at radius 2 is 1.70 bits per heavy atom. The normalized spacial score (nSPS) is 18.1. The summed E-state index contributed by atoms with van der Waals surface area (Å²) in [7, 11) is -4.24. The van der Waals surface area contributed by atoms with Crippen molar-refractivity contribution in [1.82, 2.24) is 29.7 Å². The van der Waals surface area contributed by atoms with E-state index in [1.54, 1.807) is 35.9 Å². The van der Waals surface area contributed by atoms with Crippen molar-refractivity contribution < 1.29 is 32.3 Å². The van der Waals surface area contributed by atoms with E-state index >= 15 is 0 Å². The lowest BCUT2D eigenvalue weighted by molar-refractivity contribution is -0.122. The van der Waals surface area contributed by atoms with E-state index in [1.165, 1.54) is 18.2 Å². The summed E-state index contributed by atoms with van der Waals surface area (Å²) < 4.78 is 41.8. The summed E-state index contributed by atoms with van der Waals surface area (Å²) in [5.41, 5.74) is 1.38. The molecular formula is C32H33N7O7S. The van der Waals surface area contributed by atoms with Gasteiger partial charge in [0.2, 0.25) is 15.9 Å². The first-order valence-corrected chi connectivity index (χ1v) is 16.5. The number of benzene rings is 3. The molecule has 6 rings (SSSR count). The second-order valence-corrected chi connectivity index (χ2v) is 12.9. The minimum atomic E-state index is -4.24. The van der Waals surface area contributed by atoms with Crippen LogP contribution < -0.4 is 25.4 Å². The van der Waals surface area contributed by atoms with Crippen LogP contribution in [0.4, 0.5) is 5.69 Å². The van der Waals surface area contributed by atoms with Gasteiger partial charge in [0, 0.05) is 24.2 Å². The maximum atomic E-state index is 13.9. The number of amides is 3. The van der Waals surface area contributed by atoms with Crippen molar-refractivity contribution in [2.75, 3.05) is 38.2 Å². The molecule has 0 aliphatic carbocycles. The molecule has 0 spiro atoms. The third kappa shape index (κ3) is 7.26. The second-order valence-electron chi connectivity index (χ2n) is 11.0. The predicted molar refractivity (Wildman–Crippen MR) is 170 cm³/mol. The van der Waals surface area contributed by atoms with E-state index in [2.05, 4.69) is 21.0 Å². The third-order valence-electron chi connectivity index (χ3n) is 7.58. The van der Waals surface area contributed by atoms with Gasteiger partial charge in [-0.05, 0) is 49.7 Å². The highest BCUT2D eigenvalue weighted by Crippen LogP contribution is 2.31. The van der Waals surface area contributed by atoms with Gasteiger partial charge in [-0.15, -0.1) is 0 Å². The average molecular weight is 660 g/mol. The van der Waals surface area contributed by atoms with Crippen LogP contribution in [0, 0.1) is 0 Å². The van der Waals surface area contributed by atoms with E-state index < -0.39 is 34.4 Å². The topological polar surface area (TPSA) is 174 Å². The lowest BCUT2D eigenvalue weighted by Gasteiger charge is -2.24. The van der Waals surface area contributed by atoms with Gasteiger partial charge in [0.15, 0.2) is 12.4 Å². The number of aromatic nitrogens is 3. The van der Waals surface area contributed by atoms with Gasteiger partial charge in [-0.2, -0.15) is 9.40 Å². The molecule has 3 N–H and O–H groups in total. The molecule has 4 aromatic rings. The van der Waals surface area contributed by atoms with E-state index in [-0.39, 0.29) is 55.8 Å². The van der Waals surface area contributed by atoms with Crippen molar-refractivity contribution in [3.8, 4) is 22.9 Å². The Kier molecular flexibility index (Phi) is 9.17. The van der Waals surface area contributed by atoms with Gasteiger partial charge in [-0.1, -0.05) is 36.4 Å². The van der Waals surface area contributed by atoms with E-state index in [0.29, 0.717) is 28.7 Å². The molecule has 0 saturated heterocycles. The van der Waals surface area contributed by atoms with Crippen LogP contribution in [0.5, 0.6) is 11.5 Å². The molecule has 3 aromatic carbocycles. The fraction of sp³-hybridized carbons (Fsp3) is 0.281. The molecule has 2 aliphatic heterocycles. The highest BCUT2D eigenvalue weighted by molar-refractivity contribution is 7.89. The monoisotopic (exact) mass is 659 g/mol. The number of carbonyl (C=O) groups excluding carboxylic acids is 3. The highest BCUT2D eigenvalue weighted by Gasteiger charge is 2.30. The van der Waals surface area contributed by atoms with Crippen molar-refractivity contribution in [2.24, 2.45) is 0 Å². The Hall–Kier alpha value is -5.28. The van der Waals surface area contributed by atoms with Gasteiger partial charge >= 0.3 is 0 Å². The molecule has 15 heteroatoms. The summed E-state index contributed by atoms with van der Waals surface area (Å²) in [6, 6.07) is 19.6. The molecule has 1 aromatic heterocycles. The zero-order chi connectivity index (χ0) is 33.0. The summed E-state index contributed by atoms with van der Waals surface area (Å²) in [6.07, 6.45) is 0.212. The van der Waals surface area contributed by atoms with E-state index in [9.17, 15) is 22.8 Å². The minimum Gasteiger partial charge on any atom is -0.492 e. The maximum absolute atomic E-state index is 13.9. The van der Waals surface area contributed by atoms with E-state index in [0.717, 1.165) is 9.87 Å². The largest absolute Gasteiger partial charge is 0.492 e. The van der Waals surface area contributed by atoms with Crippen LogP contribution in [0.3, 0.4) is 0 Å². The van der Waals surface area contributed by atoms with Crippen LogP contribution in [0.1, 0.15) is 35.6 Å². The molecule has 0 saturated carbocycles. The number of carbonyl (C=O) groups is 3. The van der Waals surface area contributed by atoms with Crippen molar-refractivity contribution in [2.45, 2.75) is 30.8 Å². The van der Waals surface area contributed by atoms with Crippen LogP contribution >= 0.6 is 0 Å². The van der Waals surface area contributed by atoms with Gasteiger partial charge in [0.05, 0.1) is 29.7 Å². The molecule has 244 valence electrons. The zero-order valence-corrected chi connectivity index (χ0v) is 26.3. The fourth-order valence-corrected chi connectivity index (χ4v) is 6.71. The molecule has 0 fully saturated rings. The molecule has 1 atom stereocenters. The summed E-state index contributed by atoms with van der Waals surface area (Å²) >= 11 is 0. The zero-order valence-electron chi connectivity index (χ0n) is 25.5. The van der Waals surface area contributed by atoms with Crippen molar-refractivity contribution >= 4 is 33.4 Å². The fourth-order valence-electron chi connectivity index (χ4n) is 5.25. The molecule has 47 heavy (non-hydrogen) atoms. The van der Waals surface area contributed by atoms with Gasteiger partial charge < -0.3 is 25.4 Å². The number of nitrogens with zero attached hydrogens (tertiary/aromatic N) is 4. The molecule has 14 nitrogen and oxygen atoms in total. The molecule has 0 radical (unpaired) electrons. The first kappa shape index (κ1) is 31.7. The SMILES string of the molecule is C[C@@H]1NC(=O)CN(S(=O)(=O)c2ccc3c(c2)NC(=O)CO3)CCCNC(=O)c2cccc(c2)OCCn2nc(-c3ccccc3)nc21. The first-order chi connectivity index (χ1) is 22.7. The van der Waals surface area contributed by atoms with Crippen LogP contribution in [-0.2, 0) is 26.2 Å². The predicted octanol–water partition coefficient (Wildman–Crippen LogP) is 2.36. The van der Waals surface area contributed by atoms with Gasteiger partial charge in [0.25, 0.3) is 11.8 Å². The first-order valence-electron chi connectivity index (χ1n) is 15.0. The highest BCUT2D eigenvalue weighted by atomic mass is 32.2. The standard InChI is InChI=1S/C32H33N7O7S/c1-21-31-36-30(22-7-3-2-4-8-22)37-39(31)15-16-45-24-10-5-9-23(17-24)32(42)33-13-6-14-38(19-28(40)34-21)47(43,44)25-11-12-27-26(18-25)35-29(41)20-46-27/h2-5,7-12,17-18,21H,6,13-16,19-20H2,1H3,(H,33,42)(H,34,40)(H,35,41)/t21-/m0/s1. The van der Waals surface area contributed by atoms with Gasteiger partial charge in [-0.3, -0.25) is 14.4 Å². The van der Waals surface area contributed by atoms with Crippen LogP contribution in [0.2, 0.25) is 0 Å². The van der Waals surface area contributed by atoms with Gasteiger partial charge in [-0.25, -0.2) is 18.1 Å². The Morgan fingerprint density at radius 1 is 0.894 bits per heavy atom. The summed E-state index contributed by atoms with van der Waals surface area (Å²) in [4.78, 5) is 42.8. The summed E-state index contributed by atoms with van der Waals surface area (Å²) in [6.45, 7) is 1.61. The number of hydrogen-bond acceptors (Lipinski definition) is 9. The number of anilines is 1. The lowest BCUT2D eigenvalue weighted by Crippen LogP contribution is -2.43. The number of hydrogen-bond donors (Lipinski definition) is 3. The molecule has 3 heterocycles. The van der Waals surface area contributed by atoms with E-state index in [4.69, 9.17) is 14.5 Å². The quantitative estimate of drug-likeness (QED) is 0.298. The van der Waals surface area contributed by atoms with Crippen molar-refractivity contribution in [3.63, 3.8) is 0 Å². The Labute approximate surface area is 271 Å². The summed E-state index contributed by atoms with van der Waals surface area (Å²) in [5, 5.41) is 13.0. The van der Waals surface area contributed by atoms with Crippen LogP contribution in [0.25, 0.3) is 11.4 Å².